The van der Waals surface area contributed by atoms with Gasteiger partial charge in [-0.1, -0.05) is 18.2 Å². The minimum atomic E-state index is -0.400. The Bertz CT molecular complexity index is 968. The highest BCUT2D eigenvalue weighted by Gasteiger charge is 2.24. The summed E-state index contributed by atoms with van der Waals surface area (Å²) in [5.74, 6) is 0.00562. The molecule has 1 aromatic heterocycles. The van der Waals surface area contributed by atoms with Crippen LogP contribution in [0.1, 0.15) is 49.1 Å². The number of oxazole rings is 1. The van der Waals surface area contributed by atoms with Gasteiger partial charge in [0.15, 0.2) is 5.58 Å². The van der Waals surface area contributed by atoms with Crippen LogP contribution < -0.4 is 5.76 Å². The van der Waals surface area contributed by atoms with Gasteiger partial charge in [-0.2, -0.15) is 0 Å². The number of nitrogens with zero attached hydrogens (tertiary/aromatic N) is 1. The Hall–Kier alpha value is -2.40. The van der Waals surface area contributed by atoms with Crippen molar-refractivity contribution >= 4 is 11.1 Å². The minimum absolute atomic E-state index is 0.157. The van der Waals surface area contributed by atoms with E-state index in [-0.39, 0.29) is 5.82 Å². The lowest BCUT2D eigenvalue weighted by Gasteiger charge is -2.35. The summed E-state index contributed by atoms with van der Waals surface area (Å²) >= 11 is 0. The van der Waals surface area contributed by atoms with Crippen LogP contribution >= 0.6 is 0 Å². The highest BCUT2D eigenvalue weighted by molar-refractivity contribution is 5.72. The first-order chi connectivity index (χ1) is 13.6. The van der Waals surface area contributed by atoms with Crippen LogP contribution in [0.3, 0.4) is 0 Å². The Kier molecular flexibility index (Phi) is 5.62. The molecule has 1 heterocycles. The third kappa shape index (κ3) is 4.36. The Morgan fingerprint density at radius 1 is 1.11 bits per heavy atom. The van der Waals surface area contributed by atoms with Crippen LogP contribution in [-0.4, -0.2) is 29.5 Å². The predicted octanol–water partition coefficient (Wildman–Crippen LogP) is 4.85. The van der Waals surface area contributed by atoms with Crippen molar-refractivity contribution < 1.29 is 8.81 Å². The van der Waals surface area contributed by atoms with Crippen LogP contribution in [0, 0.1) is 5.82 Å². The molecule has 1 aliphatic carbocycles. The van der Waals surface area contributed by atoms with Crippen LogP contribution in [0.15, 0.2) is 51.7 Å². The van der Waals surface area contributed by atoms with E-state index < -0.39 is 5.76 Å². The largest absolute Gasteiger partial charge is 0.417 e. The smallest absolute Gasteiger partial charge is 0.408 e. The van der Waals surface area contributed by atoms with Crippen LogP contribution in [0.25, 0.3) is 11.1 Å². The molecular formula is C23H27FN2O2. The van der Waals surface area contributed by atoms with Gasteiger partial charge < -0.3 is 9.32 Å². The summed E-state index contributed by atoms with van der Waals surface area (Å²) in [4.78, 5) is 16.4. The number of hydrogen-bond donors (Lipinski definition) is 1. The first-order valence-electron chi connectivity index (χ1n) is 10.2. The topological polar surface area (TPSA) is 49.2 Å². The third-order valence-electron chi connectivity index (χ3n) is 6.12. The van der Waals surface area contributed by atoms with E-state index in [4.69, 9.17) is 4.42 Å². The van der Waals surface area contributed by atoms with Gasteiger partial charge >= 0.3 is 5.76 Å². The molecule has 0 aliphatic heterocycles. The lowest BCUT2D eigenvalue weighted by Crippen LogP contribution is -2.35. The summed E-state index contributed by atoms with van der Waals surface area (Å²) < 4.78 is 18.3. The number of benzene rings is 2. The molecule has 1 aliphatic rings. The third-order valence-corrected chi connectivity index (χ3v) is 6.12. The van der Waals surface area contributed by atoms with E-state index in [1.54, 1.807) is 12.1 Å². The molecule has 1 N–H and O–H groups in total. The molecular weight excluding hydrogens is 355 g/mol. The van der Waals surface area contributed by atoms with Crippen molar-refractivity contribution in [3.8, 4) is 0 Å². The minimum Gasteiger partial charge on any atom is -0.408 e. The van der Waals surface area contributed by atoms with E-state index >= 15 is 0 Å². The van der Waals surface area contributed by atoms with Gasteiger partial charge in [0.1, 0.15) is 5.82 Å². The standard InChI is InChI=1S/C23H27FN2O2/c1-26(14-2-3-16-4-13-21-22(15-16)28-23(27)25-21)20-11-7-18(8-12-20)17-5-9-19(24)10-6-17/h4-6,9-10,13,15,18,20H,2-3,7-8,11-12,14H2,1H3,(H,25,27)/t18-,20-. The lowest BCUT2D eigenvalue weighted by molar-refractivity contribution is 0.181. The monoisotopic (exact) mass is 382 g/mol. The molecule has 1 saturated carbocycles. The fourth-order valence-corrected chi connectivity index (χ4v) is 4.45. The van der Waals surface area contributed by atoms with Crippen molar-refractivity contribution in [2.45, 2.75) is 50.5 Å². The van der Waals surface area contributed by atoms with Gasteiger partial charge in [0.25, 0.3) is 0 Å². The highest BCUT2D eigenvalue weighted by Crippen LogP contribution is 2.34. The van der Waals surface area contributed by atoms with Gasteiger partial charge in [-0.3, -0.25) is 4.98 Å². The summed E-state index contributed by atoms with van der Waals surface area (Å²) in [5, 5.41) is 0. The number of aryl methyl sites for hydroxylation is 1. The average molecular weight is 382 g/mol. The Balaban J connectivity index is 1.24. The summed E-state index contributed by atoms with van der Waals surface area (Å²) in [7, 11) is 2.22. The number of fused-ring (bicyclic) bond motifs is 1. The van der Waals surface area contributed by atoms with Crippen LogP contribution in [0.2, 0.25) is 0 Å². The van der Waals surface area contributed by atoms with Crippen molar-refractivity contribution in [3.63, 3.8) is 0 Å². The molecule has 28 heavy (non-hydrogen) atoms. The first kappa shape index (κ1) is 18.9. The summed E-state index contributed by atoms with van der Waals surface area (Å²) in [6.45, 7) is 1.06. The molecule has 0 unspecified atom stereocenters. The van der Waals surface area contributed by atoms with Gasteiger partial charge in [0.2, 0.25) is 0 Å². The Morgan fingerprint density at radius 2 is 1.86 bits per heavy atom. The Morgan fingerprint density at radius 3 is 2.61 bits per heavy atom. The van der Waals surface area contributed by atoms with Crippen molar-refractivity contribution in [1.82, 2.24) is 9.88 Å². The van der Waals surface area contributed by atoms with Crippen molar-refractivity contribution in [2.24, 2.45) is 0 Å². The Labute approximate surface area is 164 Å². The fraction of sp³-hybridized carbons (Fsp3) is 0.435. The van der Waals surface area contributed by atoms with Crippen LogP contribution in [-0.2, 0) is 6.42 Å². The maximum atomic E-state index is 13.1. The maximum Gasteiger partial charge on any atom is 0.417 e. The average Bonchev–Trinajstić information content (AvgIpc) is 3.08. The first-order valence-corrected chi connectivity index (χ1v) is 10.2. The molecule has 4 nitrogen and oxygen atoms in total. The quantitative estimate of drug-likeness (QED) is 0.663. The lowest BCUT2D eigenvalue weighted by atomic mass is 9.81. The zero-order valence-electron chi connectivity index (χ0n) is 16.3. The maximum absolute atomic E-state index is 13.1. The molecule has 2 aromatic carbocycles. The van der Waals surface area contributed by atoms with E-state index in [0.29, 0.717) is 17.5 Å². The number of rotatable bonds is 6. The van der Waals surface area contributed by atoms with Gasteiger partial charge in [-0.25, -0.2) is 9.18 Å². The number of halogens is 1. The predicted molar refractivity (Wildman–Crippen MR) is 109 cm³/mol. The molecule has 0 saturated heterocycles. The molecule has 0 bridgehead atoms. The number of nitrogens with one attached hydrogen (secondary N) is 1. The van der Waals surface area contributed by atoms with E-state index in [1.165, 1.54) is 36.8 Å². The van der Waals surface area contributed by atoms with Crippen molar-refractivity contribution in [3.05, 3.63) is 70.0 Å². The van der Waals surface area contributed by atoms with Crippen LogP contribution in [0.4, 0.5) is 4.39 Å². The number of H-pyrrole nitrogens is 1. The van der Waals surface area contributed by atoms with Gasteiger partial charge in [0, 0.05) is 6.04 Å². The molecule has 0 atom stereocenters. The normalized spacial score (nSPS) is 20.1. The molecule has 0 spiro atoms. The zero-order chi connectivity index (χ0) is 19.5. The SMILES string of the molecule is CN(CCCc1ccc2[nH]c(=O)oc2c1)[C@H]1CC[C@H](c2ccc(F)cc2)CC1. The van der Waals surface area contributed by atoms with E-state index in [9.17, 15) is 9.18 Å². The second kappa shape index (κ2) is 8.31. The number of aromatic amines is 1. The van der Waals surface area contributed by atoms with Crippen molar-refractivity contribution in [2.75, 3.05) is 13.6 Å². The van der Waals surface area contributed by atoms with E-state index in [0.717, 1.165) is 24.9 Å². The summed E-state index contributed by atoms with van der Waals surface area (Å²) in [5.41, 5.74) is 3.86. The molecule has 5 heteroatoms. The van der Waals surface area contributed by atoms with Crippen LogP contribution in [0.5, 0.6) is 0 Å². The second-order valence-corrected chi connectivity index (χ2v) is 7.99. The van der Waals surface area contributed by atoms with Crippen molar-refractivity contribution in [1.29, 1.82) is 0 Å². The van der Waals surface area contributed by atoms with E-state index in [2.05, 4.69) is 23.0 Å². The molecule has 148 valence electrons. The fourth-order valence-electron chi connectivity index (χ4n) is 4.45. The van der Waals surface area contributed by atoms with Gasteiger partial charge in [-0.15, -0.1) is 0 Å². The van der Waals surface area contributed by atoms with Gasteiger partial charge in [-0.05, 0) is 93.4 Å². The molecule has 0 amide bonds. The molecule has 0 radical (unpaired) electrons. The highest BCUT2D eigenvalue weighted by atomic mass is 19.1. The molecule has 1 fully saturated rings. The molecule has 4 rings (SSSR count). The summed E-state index contributed by atoms with van der Waals surface area (Å²) in [6.07, 6.45) is 6.78. The van der Waals surface area contributed by atoms with E-state index in [1.807, 2.05) is 24.3 Å². The number of hydrogen-bond acceptors (Lipinski definition) is 3. The zero-order valence-corrected chi connectivity index (χ0v) is 16.3. The molecule has 3 aromatic rings. The second-order valence-electron chi connectivity index (χ2n) is 7.99. The summed E-state index contributed by atoms with van der Waals surface area (Å²) in [6, 6.07) is 13.6. The van der Waals surface area contributed by atoms with Gasteiger partial charge in [0.05, 0.1) is 5.52 Å². The number of aromatic nitrogens is 1.